The monoisotopic (exact) mass is 200 g/mol. The van der Waals surface area contributed by atoms with Gasteiger partial charge in [-0.15, -0.1) is 0 Å². The molecule has 0 unspecified atom stereocenters. The lowest BCUT2D eigenvalue weighted by molar-refractivity contribution is -0.157. The molecule has 0 aliphatic rings. The van der Waals surface area contributed by atoms with Crippen LogP contribution in [0.3, 0.4) is 0 Å². The number of hydrogen-bond acceptors (Lipinski definition) is 3. The van der Waals surface area contributed by atoms with Gasteiger partial charge in [-0.3, -0.25) is 9.59 Å². The van der Waals surface area contributed by atoms with E-state index < -0.39 is 5.60 Å². The van der Waals surface area contributed by atoms with Crippen LogP contribution in [0.2, 0.25) is 0 Å². The standard InChI is InChI=1S/C11H20O3/c1-6-9(8(2)12)7-10(13)14-11(3,4)5/h9H,6-7H2,1-5H3/t9-/m1/s1. The second kappa shape index (κ2) is 5.13. The van der Waals surface area contributed by atoms with Crippen molar-refractivity contribution in [3.8, 4) is 0 Å². The van der Waals surface area contributed by atoms with E-state index in [0.717, 1.165) is 0 Å². The summed E-state index contributed by atoms with van der Waals surface area (Å²) in [7, 11) is 0. The number of ether oxygens (including phenoxy) is 1. The quantitative estimate of drug-likeness (QED) is 0.654. The summed E-state index contributed by atoms with van der Waals surface area (Å²) in [5.74, 6) is -0.428. The molecule has 82 valence electrons. The molecule has 0 aliphatic carbocycles. The van der Waals surface area contributed by atoms with Crippen LogP contribution in [0, 0.1) is 5.92 Å². The smallest absolute Gasteiger partial charge is 0.307 e. The van der Waals surface area contributed by atoms with E-state index in [2.05, 4.69) is 0 Å². The first-order chi connectivity index (χ1) is 6.26. The van der Waals surface area contributed by atoms with Crippen LogP contribution in [-0.2, 0) is 14.3 Å². The molecule has 0 amide bonds. The van der Waals surface area contributed by atoms with Crippen molar-refractivity contribution < 1.29 is 14.3 Å². The number of esters is 1. The number of ketones is 1. The number of Topliss-reactive ketones (excluding diaryl/α,β-unsaturated/α-hetero) is 1. The minimum atomic E-state index is -0.466. The van der Waals surface area contributed by atoms with Crippen molar-refractivity contribution in [1.82, 2.24) is 0 Å². The zero-order valence-corrected chi connectivity index (χ0v) is 9.72. The summed E-state index contributed by atoms with van der Waals surface area (Å²) in [4.78, 5) is 22.4. The predicted octanol–water partition coefficient (Wildman–Crippen LogP) is 2.33. The normalized spacial score (nSPS) is 13.5. The summed E-state index contributed by atoms with van der Waals surface area (Å²) in [6.45, 7) is 8.87. The van der Waals surface area contributed by atoms with Gasteiger partial charge in [-0.25, -0.2) is 0 Å². The second-order valence-electron chi connectivity index (χ2n) is 4.51. The van der Waals surface area contributed by atoms with Crippen molar-refractivity contribution in [3.05, 3.63) is 0 Å². The fourth-order valence-corrected chi connectivity index (χ4v) is 1.16. The molecule has 3 heteroatoms. The molecule has 0 bridgehead atoms. The molecule has 0 rings (SSSR count). The summed E-state index contributed by atoms with van der Waals surface area (Å²) in [5, 5.41) is 0. The molecule has 0 aliphatic heterocycles. The van der Waals surface area contributed by atoms with Crippen LogP contribution in [-0.4, -0.2) is 17.4 Å². The van der Waals surface area contributed by atoms with Crippen LogP contribution in [0.25, 0.3) is 0 Å². The van der Waals surface area contributed by atoms with Crippen molar-refractivity contribution in [2.24, 2.45) is 5.92 Å². The van der Waals surface area contributed by atoms with Gasteiger partial charge in [0.1, 0.15) is 11.4 Å². The Morgan fingerprint density at radius 1 is 1.29 bits per heavy atom. The molecule has 0 N–H and O–H groups in total. The molecule has 0 aromatic heterocycles. The minimum Gasteiger partial charge on any atom is -0.460 e. The Morgan fingerprint density at radius 2 is 1.79 bits per heavy atom. The highest BCUT2D eigenvalue weighted by Crippen LogP contribution is 2.14. The zero-order chi connectivity index (χ0) is 11.4. The Balaban J connectivity index is 4.11. The third-order valence-corrected chi connectivity index (χ3v) is 1.90. The summed E-state index contributed by atoms with van der Waals surface area (Å²) in [6.07, 6.45) is 0.887. The van der Waals surface area contributed by atoms with Gasteiger partial charge in [0.25, 0.3) is 0 Å². The third-order valence-electron chi connectivity index (χ3n) is 1.90. The van der Waals surface area contributed by atoms with E-state index in [4.69, 9.17) is 4.74 Å². The first kappa shape index (κ1) is 13.1. The maximum Gasteiger partial charge on any atom is 0.307 e. The molecule has 0 saturated heterocycles. The Kier molecular flexibility index (Phi) is 4.81. The van der Waals surface area contributed by atoms with Gasteiger partial charge < -0.3 is 4.74 Å². The number of hydrogen-bond donors (Lipinski definition) is 0. The zero-order valence-electron chi connectivity index (χ0n) is 9.72. The molecule has 0 spiro atoms. The average molecular weight is 200 g/mol. The lowest BCUT2D eigenvalue weighted by Gasteiger charge is -2.20. The number of carbonyl (C=O) groups is 2. The predicted molar refractivity (Wildman–Crippen MR) is 54.9 cm³/mol. The van der Waals surface area contributed by atoms with Crippen LogP contribution in [0.15, 0.2) is 0 Å². The molecule has 0 fully saturated rings. The van der Waals surface area contributed by atoms with Gasteiger partial charge in [0.05, 0.1) is 6.42 Å². The maximum absolute atomic E-state index is 11.4. The fraction of sp³-hybridized carbons (Fsp3) is 0.818. The minimum absolute atomic E-state index is 0.0540. The van der Waals surface area contributed by atoms with Crippen LogP contribution in [0.4, 0.5) is 0 Å². The van der Waals surface area contributed by atoms with E-state index in [1.807, 2.05) is 27.7 Å². The highest BCUT2D eigenvalue weighted by Gasteiger charge is 2.21. The van der Waals surface area contributed by atoms with Gasteiger partial charge in [0.2, 0.25) is 0 Å². The van der Waals surface area contributed by atoms with E-state index >= 15 is 0 Å². The van der Waals surface area contributed by atoms with Crippen LogP contribution < -0.4 is 0 Å². The molecule has 0 aromatic rings. The SMILES string of the molecule is CC[C@H](CC(=O)OC(C)(C)C)C(C)=O. The summed E-state index contributed by atoms with van der Waals surface area (Å²) in [6, 6.07) is 0. The van der Waals surface area contributed by atoms with Gasteiger partial charge in [-0.1, -0.05) is 6.92 Å². The molecular weight excluding hydrogens is 180 g/mol. The molecule has 0 heterocycles. The van der Waals surface area contributed by atoms with Crippen molar-refractivity contribution >= 4 is 11.8 Å². The lowest BCUT2D eigenvalue weighted by atomic mass is 9.98. The van der Waals surface area contributed by atoms with Gasteiger partial charge in [0.15, 0.2) is 0 Å². The highest BCUT2D eigenvalue weighted by atomic mass is 16.6. The van der Waals surface area contributed by atoms with E-state index in [-0.39, 0.29) is 24.1 Å². The summed E-state index contributed by atoms with van der Waals surface area (Å²) >= 11 is 0. The van der Waals surface area contributed by atoms with Crippen LogP contribution in [0.5, 0.6) is 0 Å². The topological polar surface area (TPSA) is 43.4 Å². The van der Waals surface area contributed by atoms with Gasteiger partial charge in [-0.05, 0) is 34.1 Å². The second-order valence-corrected chi connectivity index (χ2v) is 4.51. The Labute approximate surface area is 85.8 Å². The van der Waals surface area contributed by atoms with Gasteiger partial charge in [-0.2, -0.15) is 0 Å². The Hall–Kier alpha value is -0.860. The number of rotatable bonds is 4. The van der Waals surface area contributed by atoms with E-state index in [0.29, 0.717) is 6.42 Å². The van der Waals surface area contributed by atoms with Crippen molar-refractivity contribution in [3.63, 3.8) is 0 Å². The van der Waals surface area contributed by atoms with E-state index in [1.165, 1.54) is 6.92 Å². The molecule has 1 atom stereocenters. The first-order valence-corrected chi connectivity index (χ1v) is 4.98. The summed E-state index contributed by atoms with van der Waals surface area (Å²) < 4.78 is 5.13. The van der Waals surface area contributed by atoms with Crippen LogP contribution in [0.1, 0.15) is 47.5 Å². The van der Waals surface area contributed by atoms with E-state index in [9.17, 15) is 9.59 Å². The Bertz CT molecular complexity index is 213. The largest absolute Gasteiger partial charge is 0.460 e. The van der Waals surface area contributed by atoms with Gasteiger partial charge in [0, 0.05) is 5.92 Å². The molecule has 0 saturated carbocycles. The lowest BCUT2D eigenvalue weighted by Crippen LogP contribution is -2.26. The molecular formula is C11H20O3. The van der Waals surface area contributed by atoms with Crippen molar-refractivity contribution in [2.75, 3.05) is 0 Å². The molecule has 14 heavy (non-hydrogen) atoms. The first-order valence-electron chi connectivity index (χ1n) is 4.98. The molecule has 0 aromatic carbocycles. The molecule has 3 nitrogen and oxygen atoms in total. The average Bonchev–Trinajstić information content (AvgIpc) is 1.96. The van der Waals surface area contributed by atoms with Crippen LogP contribution >= 0.6 is 0 Å². The van der Waals surface area contributed by atoms with E-state index in [1.54, 1.807) is 0 Å². The van der Waals surface area contributed by atoms with Crippen molar-refractivity contribution in [2.45, 2.75) is 53.1 Å². The Morgan fingerprint density at radius 3 is 2.07 bits per heavy atom. The summed E-state index contributed by atoms with van der Waals surface area (Å²) in [5.41, 5.74) is -0.466. The molecule has 0 radical (unpaired) electrons. The number of carbonyl (C=O) groups excluding carboxylic acids is 2. The highest BCUT2D eigenvalue weighted by molar-refractivity contribution is 5.83. The fourth-order valence-electron chi connectivity index (χ4n) is 1.16. The van der Waals surface area contributed by atoms with Crippen molar-refractivity contribution in [1.29, 1.82) is 0 Å². The van der Waals surface area contributed by atoms with Gasteiger partial charge >= 0.3 is 5.97 Å². The maximum atomic E-state index is 11.4. The third kappa shape index (κ3) is 5.73.